The number of aryl methyl sites for hydroxylation is 1. The summed E-state index contributed by atoms with van der Waals surface area (Å²) in [4.78, 5) is 1.23. The molecule has 2 nitrogen and oxygen atoms in total. The number of fused-ring (bicyclic) bond motifs is 1. The Labute approximate surface area is 141 Å². The summed E-state index contributed by atoms with van der Waals surface area (Å²) in [5, 5.41) is 7.30. The molecule has 4 heteroatoms. The predicted molar refractivity (Wildman–Crippen MR) is 101 cm³/mol. The van der Waals surface area contributed by atoms with Crippen molar-refractivity contribution in [1.82, 2.24) is 0 Å². The quantitative estimate of drug-likeness (QED) is 0.605. The molecule has 0 saturated heterocycles. The molecule has 0 atom stereocenters. The molecule has 1 aliphatic rings. The maximum Gasteiger partial charge on any atom is 0.175 e. The van der Waals surface area contributed by atoms with Crippen molar-refractivity contribution < 1.29 is 0 Å². The summed E-state index contributed by atoms with van der Waals surface area (Å²) in [6.45, 7) is 0. The third-order valence-corrected chi connectivity index (χ3v) is 4.90. The van der Waals surface area contributed by atoms with E-state index in [1.165, 1.54) is 35.3 Å². The van der Waals surface area contributed by atoms with E-state index in [-0.39, 0.29) is 0 Å². The molecule has 114 valence electrons. The summed E-state index contributed by atoms with van der Waals surface area (Å²) in [5.41, 5.74) is 5.06. The maximum atomic E-state index is 5.47. The topological polar surface area (TPSA) is 24.1 Å². The number of benzene rings is 2. The van der Waals surface area contributed by atoms with Crippen LogP contribution in [0.15, 0.2) is 47.4 Å². The lowest BCUT2D eigenvalue weighted by molar-refractivity contribution is 0.687. The predicted octanol–water partition coefficient (Wildman–Crippen LogP) is 5.10. The lowest BCUT2D eigenvalue weighted by atomic mass is 9.90. The highest BCUT2D eigenvalue weighted by molar-refractivity contribution is 7.98. The fraction of sp³-hybridized carbons (Fsp3) is 0.278. The van der Waals surface area contributed by atoms with Gasteiger partial charge >= 0.3 is 0 Å². The summed E-state index contributed by atoms with van der Waals surface area (Å²) in [7, 11) is 0. The zero-order valence-corrected chi connectivity index (χ0v) is 14.3. The van der Waals surface area contributed by atoms with Crippen molar-refractivity contribution in [3.05, 3.63) is 53.6 Å². The first-order chi connectivity index (χ1) is 10.8. The first-order valence-electron chi connectivity index (χ1n) is 7.59. The minimum atomic E-state index is 0.650. The normalized spacial score (nSPS) is 13.3. The van der Waals surface area contributed by atoms with E-state index in [4.69, 9.17) is 12.2 Å². The minimum Gasteiger partial charge on any atom is -0.332 e. The van der Waals surface area contributed by atoms with Crippen LogP contribution in [-0.2, 0) is 12.8 Å². The summed E-state index contributed by atoms with van der Waals surface area (Å²) in [5.74, 6) is 0. The van der Waals surface area contributed by atoms with Gasteiger partial charge in [0.25, 0.3) is 0 Å². The third kappa shape index (κ3) is 3.62. The van der Waals surface area contributed by atoms with E-state index in [9.17, 15) is 0 Å². The molecule has 0 saturated carbocycles. The Kier molecular flexibility index (Phi) is 5.01. The van der Waals surface area contributed by atoms with Crippen molar-refractivity contribution in [3.8, 4) is 0 Å². The standard InChI is InChI=1S/C18H20N2S2/c1-22-15-9-5-8-14(12-15)19-18(21)20-17-11-4-7-13-6-2-3-10-16(13)17/h4-5,7-9,11-12H,2-3,6,10H2,1H3,(H2,19,20,21). The van der Waals surface area contributed by atoms with Gasteiger partial charge in [-0.15, -0.1) is 11.8 Å². The molecular weight excluding hydrogens is 308 g/mol. The van der Waals surface area contributed by atoms with E-state index in [1.54, 1.807) is 11.8 Å². The van der Waals surface area contributed by atoms with Crippen molar-refractivity contribution in [3.63, 3.8) is 0 Å². The van der Waals surface area contributed by atoms with Gasteiger partial charge in [-0.3, -0.25) is 0 Å². The number of hydrogen-bond donors (Lipinski definition) is 2. The van der Waals surface area contributed by atoms with Gasteiger partial charge in [-0.2, -0.15) is 0 Å². The zero-order chi connectivity index (χ0) is 15.4. The molecule has 0 spiro atoms. The van der Waals surface area contributed by atoms with Gasteiger partial charge in [0.1, 0.15) is 0 Å². The van der Waals surface area contributed by atoms with Gasteiger partial charge in [0.2, 0.25) is 0 Å². The average Bonchev–Trinajstić information content (AvgIpc) is 2.55. The monoisotopic (exact) mass is 328 g/mol. The molecule has 0 fully saturated rings. The van der Waals surface area contributed by atoms with E-state index in [1.807, 2.05) is 12.1 Å². The Bertz CT molecular complexity index is 683. The Morgan fingerprint density at radius 2 is 1.86 bits per heavy atom. The molecule has 2 N–H and O–H groups in total. The van der Waals surface area contributed by atoms with Crippen molar-refractivity contribution in [2.45, 2.75) is 30.6 Å². The van der Waals surface area contributed by atoms with E-state index in [2.05, 4.69) is 47.2 Å². The van der Waals surface area contributed by atoms with Crippen LogP contribution in [0.2, 0.25) is 0 Å². The number of nitrogens with one attached hydrogen (secondary N) is 2. The Morgan fingerprint density at radius 1 is 1.05 bits per heavy atom. The summed E-state index contributed by atoms with van der Waals surface area (Å²) < 4.78 is 0. The fourth-order valence-corrected chi connectivity index (χ4v) is 3.57. The van der Waals surface area contributed by atoms with Crippen LogP contribution in [0.1, 0.15) is 24.0 Å². The van der Waals surface area contributed by atoms with Gasteiger partial charge in [0.15, 0.2) is 5.11 Å². The van der Waals surface area contributed by atoms with Crippen LogP contribution in [0.5, 0.6) is 0 Å². The third-order valence-electron chi connectivity index (χ3n) is 3.97. The lowest BCUT2D eigenvalue weighted by Gasteiger charge is -2.20. The minimum absolute atomic E-state index is 0.650. The number of thioether (sulfide) groups is 1. The second-order valence-electron chi connectivity index (χ2n) is 5.46. The number of rotatable bonds is 3. The van der Waals surface area contributed by atoms with Crippen LogP contribution < -0.4 is 10.6 Å². The number of thiocarbonyl (C=S) groups is 1. The van der Waals surface area contributed by atoms with Gasteiger partial charge in [-0.25, -0.2) is 0 Å². The molecule has 0 unspecified atom stereocenters. The molecular formula is C18H20N2S2. The smallest absolute Gasteiger partial charge is 0.175 e. The maximum absolute atomic E-state index is 5.47. The van der Waals surface area contributed by atoms with Gasteiger partial charge < -0.3 is 10.6 Å². The summed E-state index contributed by atoms with van der Waals surface area (Å²) in [6.07, 6.45) is 6.96. The molecule has 2 aromatic carbocycles. The van der Waals surface area contributed by atoms with E-state index >= 15 is 0 Å². The van der Waals surface area contributed by atoms with Crippen LogP contribution in [-0.4, -0.2) is 11.4 Å². The molecule has 0 amide bonds. The van der Waals surface area contributed by atoms with E-state index in [0.29, 0.717) is 5.11 Å². The summed E-state index contributed by atoms with van der Waals surface area (Å²) in [6, 6.07) is 14.8. The Morgan fingerprint density at radius 3 is 2.73 bits per heavy atom. The first-order valence-corrected chi connectivity index (χ1v) is 9.22. The molecule has 1 aliphatic carbocycles. The Hall–Kier alpha value is -1.52. The van der Waals surface area contributed by atoms with Crippen LogP contribution in [0.25, 0.3) is 0 Å². The molecule has 3 rings (SSSR count). The molecule has 22 heavy (non-hydrogen) atoms. The highest BCUT2D eigenvalue weighted by atomic mass is 32.2. The molecule has 0 aromatic heterocycles. The molecule has 0 heterocycles. The zero-order valence-electron chi connectivity index (χ0n) is 12.7. The van der Waals surface area contributed by atoms with E-state index < -0.39 is 0 Å². The second kappa shape index (κ2) is 7.16. The van der Waals surface area contributed by atoms with Crippen LogP contribution in [0.3, 0.4) is 0 Å². The average molecular weight is 329 g/mol. The number of hydrogen-bond acceptors (Lipinski definition) is 2. The molecule has 2 aromatic rings. The van der Waals surface area contributed by atoms with Crippen LogP contribution >= 0.6 is 24.0 Å². The summed E-state index contributed by atoms with van der Waals surface area (Å²) >= 11 is 7.20. The second-order valence-corrected chi connectivity index (χ2v) is 6.75. The molecule has 0 radical (unpaired) electrons. The molecule has 0 aliphatic heterocycles. The van der Waals surface area contributed by atoms with Crippen molar-refractivity contribution >= 4 is 40.5 Å². The fourth-order valence-electron chi connectivity index (χ4n) is 2.88. The van der Waals surface area contributed by atoms with Gasteiger partial charge in [-0.05, 0) is 79.5 Å². The highest BCUT2D eigenvalue weighted by Gasteiger charge is 2.13. The lowest BCUT2D eigenvalue weighted by Crippen LogP contribution is -2.20. The van der Waals surface area contributed by atoms with Gasteiger partial charge in [0.05, 0.1) is 0 Å². The highest BCUT2D eigenvalue weighted by Crippen LogP contribution is 2.28. The van der Waals surface area contributed by atoms with Crippen LogP contribution in [0, 0.1) is 0 Å². The number of anilines is 2. The molecule has 0 bridgehead atoms. The Balaban J connectivity index is 1.72. The SMILES string of the molecule is CSc1cccc(NC(=S)Nc2cccc3c2CCCC3)c1. The van der Waals surface area contributed by atoms with Crippen molar-refractivity contribution in [1.29, 1.82) is 0 Å². The van der Waals surface area contributed by atoms with Gasteiger partial charge in [0, 0.05) is 16.3 Å². The van der Waals surface area contributed by atoms with Gasteiger partial charge in [-0.1, -0.05) is 18.2 Å². The van der Waals surface area contributed by atoms with Crippen LogP contribution in [0.4, 0.5) is 11.4 Å². The van der Waals surface area contributed by atoms with Crippen molar-refractivity contribution in [2.24, 2.45) is 0 Å². The largest absolute Gasteiger partial charge is 0.332 e. The first kappa shape index (κ1) is 15.4. The van der Waals surface area contributed by atoms with Crippen molar-refractivity contribution in [2.75, 3.05) is 16.9 Å². The van der Waals surface area contributed by atoms with E-state index in [0.717, 1.165) is 17.8 Å².